The molecule has 5 nitrogen and oxygen atoms in total. The third kappa shape index (κ3) is 3.75. The number of sulfonamides is 1. The Labute approximate surface area is 155 Å². The lowest BCUT2D eigenvalue weighted by Gasteiger charge is -2.28. The van der Waals surface area contributed by atoms with E-state index in [0.717, 1.165) is 35.1 Å². The van der Waals surface area contributed by atoms with Crippen LogP contribution in [0.4, 0.5) is 5.69 Å². The molecule has 0 radical (unpaired) electrons. The zero-order valence-electron chi connectivity index (χ0n) is 15.4. The summed E-state index contributed by atoms with van der Waals surface area (Å²) in [6.07, 6.45) is 1.59. The second-order valence-electron chi connectivity index (χ2n) is 6.73. The van der Waals surface area contributed by atoms with E-state index in [4.69, 9.17) is 0 Å². The van der Waals surface area contributed by atoms with E-state index in [1.165, 1.54) is 6.92 Å². The molecule has 0 spiro atoms. The Morgan fingerprint density at radius 3 is 2.62 bits per heavy atom. The highest BCUT2D eigenvalue weighted by Crippen LogP contribution is 2.25. The van der Waals surface area contributed by atoms with E-state index in [2.05, 4.69) is 4.72 Å². The number of benzene rings is 2. The van der Waals surface area contributed by atoms with Gasteiger partial charge in [0.2, 0.25) is 5.91 Å². The number of carbonyl (C=O) groups is 1. The van der Waals surface area contributed by atoms with Gasteiger partial charge in [0.05, 0.1) is 10.6 Å². The molecule has 0 aliphatic carbocycles. The summed E-state index contributed by atoms with van der Waals surface area (Å²) < 4.78 is 28.4. The van der Waals surface area contributed by atoms with Crippen molar-refractivity contribution in [1.29, 1.82) is 0 Å². The molecule has 0 saturated heterocycles. The Bertz CT molecular complexity index is 952. The van der Waals surface area contributed by atoms with Crippen molar-refractivity contribution in [1.82, 2.24) is 4.90 Å². The first-order valence-corrected chi connectivity index (χ1v) is 10.3. The molecule has 0 bridgehead atoms. The summed E-state index contributed by atoms with van der Waals surface area (Å²) in [5.41, 5.74) is 4.56. The van der Waals surface area contributed by atoms with Gasteiger partial charge >= 0.3 is 0 Å². The summed E-state index contributed by atoms with van der Waals surface area (Å²) in [5.74, 6) is 0.00837. The van der Waals surface area contributed by atoms with E-state index in [9.17, 15) is 13.2 Å². The van der Waals surface area contributed by atoms with Crippen LogP contribution in [0.5, 0.6) is 0 Å². The molecule has 3 rings (SSSR count). The maximum atomic E-state index is 12.9. The number of hydrogen-bond acceptors (Lipinski definition) is 3. The number of carbonyl (C=O) groups excluding carboxylic acids is 1. The molecule has 0 aromatic heterocycles. The number of amides is 1. The SMILES string of the molecule is CCc1ccc(C)c(NS(=O)(=O)c2ccc3c(c2)CN(C(C)=O)CC3)c1. The smallest absolute Gasteiger partial charge is 0.261 e. The average molecular weight is 372 g/mol. The van der Waals surface area contributed by atoms with Crippen LogP contribution in [0.3, 0.4) is 0 Å². The van der Waals surface area contributed by atoms with E-state index < -0.39 is 10.0 Å². The minimum Gasteiger partial charge on any atom is -0.338 e. The van der Waals surface area contributed by atoms with Crippen molar-refractivity contribution in [2.75, 3.05) is 11.3 Å². The zero-order valence-corrected chi connectivity index (χ0v) is 16.2. The van der Waals surface area contributed by atoms with E-state index in [-0.39, 0.29) is 10.8 Å². The quantitative estimate of drug-likeness (QED) is 0.896. The molecular weight excluding hydrogens is 348 g/mol. The second kappa shape index (κ2) is 7.11. The molecule has 26 heavy (non-hydrogen) atoms. The molecule has 1 aliphatic rings. The van der Waals surface area contributed by atoms with Crippen molar-refractivity contribution in [3.8, 4) is 0 Å². The second-order valence-corrected chi connectivity index (χ2v) is 8.41. The van der Waals surface area contributed by atoms with Crippen LogP contribution in [0.2, 0.25) is 0 Å². The number of fused-ring (bicyclic) bond motifs is 1. The van der Waals surface area contributed by atoms with Crippen LogP contribution in [-0.2, 0) is 34.2 Å². The van der Waals surface area contributed by atoms with Crippen molar-refractivity contribution in [2.45, 2.75) is 45.1 Å². The highest BCUT2D eigenvalue weighted by atomic mass is 32.2. The standard InChI is InChI=1S/C20H24N2O3S/c1-4-16-6-5-14(2)20(11-16)21-26(24,25)19-8-7-17-9-10-22(15(3)23)13-18(17)12-19/h5-8,11-12,21H,4,9-10,13H2,1-3H3. The van der Waals surface area contributed by atoms with Crippen molar-refractivity contribution in [3.05, 3.63) is 58.7 Å². The first-order valence-electron chi connectivity index (χ1n) is 8.80. The van der Waals surface area contributed by atoms with Crippen LogP contribution in [0.1, 0.15) is 36.1 Å². The van der Waals surface area contributed by atoms with Gasteiger partial charge in [-0.05, 0) is 60.2 Å². The van der Waals surface area contributed by atoms with Crippen LogP contribution in [-0.4, -0.2) is 25.8 Å². The molecule has 1 aliphatic heterocycles. The highest BCUT2D eigenvalue weighted by Gasteiger charge is 2.22. The number of anilines is 1. The van der Waals surface area contributed by atoms with E-state index in [1.807, 2.05) is 38.1 Å². The molecule has 0 unspecified atom stereocenters. The van der Waals surface area contributed by atoms with Crippen molar-refractivity contribution >= 4 is 21.6 Å². The zero-order chi connectivity index (χ0) is 18.9. The van der Waals surface area contributed by atoms with E-state index in [0.29, 0.717) is 18.8 Å². The fourth-order valence-electron chi connectivity index (χ4n) is 3.17. The van der Waals surface area contributed by atoms with E-state index in [1.54, 1.807) is 17.0 Å². The van der Waals surface area contributed by atoms with Gasteiger partial charge in [0.25, 0.3) is 10.0 Å². The summed E-state index contributed by atoms with van der Waals surface area (Å²) in [7, 11) is -3.69. The predicted octanol–water partition coefficient (Wildman–Crippen LogP) is 3.26. The normalized spacial score (nSPS) is 14.0. The lowest BCUT2D eigenvalue weighted by Crippen LogP contribution is -2.34. The van der Waals surface area contributed by atoms with Gasteiger partial charge in [-0.25, -0.2) is 8.42 Å². The lowest BCUT2D eigenvalue weighted by molar-refractivity contribution is -0.129. The molecule has 2 aromatic rings. The minimum absolute atomic E-state index is 0.00837. The Morgan fingerprint density at radius 2 is 1.92 bits per heavy atom. The Morgan fingerprint density at radius 1 is 1.15 bits per heavy atom. The number of rotatable bonds is 4. The van der Waals surface area contributed by atoms with Gasteiger partial charge < -0.3 is 4.90 Å². The van der Waals surface area contributed by atoms with Gasteiger partial charge in [-0.1, -0.05) is 25.1 Å². The molecule has 138 valence electrons. The summed E-state index contributed by atoms with van der Waals surface area (Å²) in [6.45, 7) is 6.59. The van der Waals surface area contributed by atoms with Crippen molar-refractivity contribution in [2.24, 2.45) is 0 Å². The van der Waals surface area contributed by atoms with Gasteiger partial charge in [0, 0.05) is 20.0 Å². The number of aryl methyl sites for hydroxylation is 2. The van der Waals surface area contributed by atoms with Gasteiger partial charge in [0.15, 0.2) is 0 Å². The maximum absolute atomic E-state index is 12.9. The lowest BCUT2D eigenvalue weighted by atomic mass is 10.00. The fraction of sp³-hybridized carbons (Fsp3) is 0.350. The van der Waals surface area contributed by atoms with Gasteiger partial charge in [-0.3, -0.25) is 9.52 Å². The first kappa shape index (κ1) is 18.5. The van der Waals surface area contributed by atoms with Crippen LogP contribution >= 0.6 is 0 Å². The Hall–Kier alpha value is -2.34. The summed E-state index contributed by atoms with van der Waals surface area (Å²) in [6, 6.07) is 11.0. The molecule has 0 saturated carbocycles. The topological polar surface area (TPSA) is 66.5 Å². The molecule has 0 fully saturated rings. The Kier molecular flexibility index (Phi) is 5.05. The van der Waals surface area contributed by atoms with Gasteiger partial charge in [-0.15, -0.1) is 0 Å². The minimum atomic E-state index is -3.69. The van der Waals surface area contributed by atoms with Gasteiger partial charge in [-0.2, -0.15) is 0 Å². The molecule has 0 atom stereocenters. The third-order valence-corrected chi connectivity index (χ3v) is 6.26. The highest BCUT2D eigenvalue weighted by molar-refractivity contribution is 7.92. The monoisotopic (exact) mass is 372 g/mol. The predicted molar refractivity (Wildman–Crippen MR) is 103 cm³/mol. The van der Waals surface area contributed by atoms with Crippen LogP contribution in [0, 0.1) is 6.92 Å². The van der Waals surface area contributed by atoms with Crippen LogP contribution < -0.4 is 4.72 Å². The summed E-state index contributed by atoms with van der Waals surface area (Å²) >= 11 is 0. The molecule has 1 heterocycles. The number of nitrogens with zero attached hydrogens (tertiary/aromatic N) is 1. The largest absolute Gasteiger partial charge is 0.338 e. The summed E-state index contributed by atoms with van der Waals surface area (Å²) in [5, 5.41) is 0. The third-order valence-electron chi connectivity index (χ3n) is 4.90. The van der Waals surface area contributed by atoms with Crippen molar-refractivity contribution in [3.63, 3.8) is 0 Å². The molecule has 6 heteroatoms. The van der Waals surface area contributed by atoms with Crippen LogP contribution in [0.25, 0.3) is 0 Å². The van der Waals surface area contributed by atoms with Crippen molar-refractivity contribution < 1.29 is 13.2 Å². The average Bonchev–Trinajstić information content (AvgIpc) is 2.62. The molecule has 1 amide bonds. The molecule has 2 aromatic carbocycles. The maximum Gasteiger partial charge on any atom is 0.261 e. The number of hydrogen-bond donors (Lipinski definition) is 1. The fourth-order valence-corrected chi connectivity index (χ4v) is 4.34. The van der Waals surface area contributed by atoms with E-state index >= 15 is 0 Å². The molecular formula is C20H24N2O3S. The number of nitrogens with one attached hydrogen (secondary N) is 1. The Balaban J connectivity index is 1.91. The van der Waals surface area contributed by atoms with Gasteiger partial charge in [0.1, 0.15) is 0 Å². The summed E-state index contributed by atoms with van der Waals surface area (Å²) in [4.78, 5) is 13.6. The molecule has 1 N–H and O–H groups in total. The van der Waals surface area contributed by atoms with Crippen LogP contribution in [0.15, 0.2) is 41.3 Å². The first-order chi connectivity index (χ1) is 12.3.